The third-order valence-corrected chi connectivity index (χ3v) is 3.04. The summed E-state index contributed by atoms with van der Waals surface area (Å²) in [5, 5.41) is 12.5. The molecule has 3 heteroatoms. The fourth-order valence-electron chi connectivity index (χ4n) is 1.94. The first-order valence-electron chi connectivity index (χ1n) is 6.23. The molecule has 0 spiro atoms. The molecule has 0 atom stereocenters. The van der Waals surface area contributed by atoms with Gasteiger partial charge in [0.25, 0.3) is 0 Å². The van der Waals surface area contributed by atoms with Crippen LogP contribution in [0.3, 0.4) is 0 Å². The van der Waals surface area contributed by atoms with E-state index in [2.05, 4.69) is 5.16 Å². The second kappa shape index (κ2) is 6.59. The molecule has 3 nitrogen and oxygen atoms in total. The van der Waals surface area contributed by atoms with Gasteiger partial charge in [-0.15, -0.1) is 0 Å². The van der Waals surface area contributed by atoms with E-state index in [1.807, 2.05) is 54.6 Å². The third-order valence-electron chi connectivity index (χ3n) is 3.04. The standard InChI is InChI=1S/C16H17NO2/c1-19-15-10-7-13(8-11-15)9-12-16(17-18)14-5-3-2-4-6-14/h2-8,10-11,18H,9,12H2,1H3/b17-16+. The number of methoxy groups -OCH3 is 1. The van der Waals surface area contributed by atoms with Crippen molar-refractivity contribution in [3.63, 3.8) is 0 Å². The van der Waals surface area contributed by atoms with Crippen LogP contribution >= 0.6 is 0 Å². The van der Waals surface area contributed by atoms with Crippen LogP contribution in [0, 0.1) is 0 Å². The number of hydrogen-bond donors (Lipinski definition) is 1. The minimum Gasteiger partial charge on any atom is -0.497 e. The van der Waals surface area contributed by atoms with E-state index in [0.29, 0.717) is 12.1 Å². The number of nitrogens with zero attached hydrogens (tertiary/aromatic N) is 1. The van der Waals surface area contributed by atoms with Crippen molar-refractivity contribution in [1.82, 2.24) is 0 Å². The van der Waals surface area contributed by atoms with Crippen LogP contribution in [-0.2, 0) is 6.42 Å². The van der Waals surface area contributed by atoms with Crippen molar-refractivity contribution < 1.29 is 9.94 Å². The van der Waals surface area contributed by atoms with Crippen LogP contribution in [0.25, 0.3) is 0 Å². The first-order valence-corrected chi connectivity index (χ1v) is 6.23. The molecule has 2 aromatic rings. The molecule has 2 aromatic carbocycles. The second-order valence-electron chi connectivity index (χ2n) is 4.26. The van der Waals surface area contributed by atoms with Gasteiger partial charge in [-0.05, 0) is 36.1 Å². The van der Waals surface area contributed by atoms with Crippen molar-refractivity contribution in [2.45, 2.75) is 12.8 Å². The van der Waals surface area contributed by atoms with Crippen LogP contribution in [0.4, 0.5) is 0 Å². The minimum atomic E-state index is 0.701. The summed E-state index contributed by atoms with van der Waals surface area (Å²) in [5.74, 6) is 0.850. The predicted octanol–water partition coefficient (Wildman–Crippen LogP) is 3.51. The van der Waals surface area contributed by atoms with Crippen molar-refractivity contribution in [2.75, 3.05) is 7.11 Å². The van der Waals surface area contributed by atoms with Crippen molar-refractivity contribution in [3.05, 3.63) is 65.7 Å². The number of aryl methyl sites for hydroxylation is 1. The lowest BCUT2D eigenvalue weighted by Gasteiger charge is -2.06. The second-order valence-corrected chi connectivity index (χ2v) is 4.26. The highest BCUT2D eigenvalue weighted by Gasteiger charge is 2.04. The Balaban J connectivity index is 2.00. The van der Waals surface area contributed by atoms with Gasteiger partial charge in [0, 0.05) is 0 Å². The number of benzene rings is 2. The Morgan fingerprint density at radius 3 is 2.32 bits per heavy atom. The maximum Gasteiger partial charge on any atom is 0.118 e. The molecule has 0 aromatic heterocycles. The quantitative estimate of drug-likeness (QED) is 0.504. The van der Waals surface area contributed by atoms with Crippen molar-refractivity contribution >= 4 is 5.71 Å². The summed E-state index contributed by atoms with van der Waals surface area (Å²) in [6, 6.07) is 17.6. The highest BCUT2D eigenvalue weighted by Crippen LogP contribution is 2.14. The number of hydrogen-bond acceptors (Lipinski definition) is 3. The van der Waals surface area contributed by atoms with Gasteiger partial charge in [-0.25, -0.2) is 0 Å². The van der Waals surface area contributed by atoms with Crippen molar-refractivity contribution in [3.8, 4) is 5.75 Å². The molecular weight excluding hydrogens is 238 g/mol. The van der Waals surface area contributed by atoms with Crippen LogP contribution in [0.2, 0.25) is 0 Å². The number of rotatable bonds is 5. The van der Waals surface area contributed by atoms with Gasteiger partial charge in [-0.2, -0.15) is 0 Å². The number of ether oxygens (including phenoxy) is 1. The van der Waals surface area contributed by atoms with Crippen LogP contribution in [0.1, 0.15) is 17.5 Å². The molecule has 0 bridgehead atoms. The Kier molecular flexibility index (Phi) is 4.56. The Hall–Kier alpha value is -2.29. The highest BCUT2D eigenvalue weighted by atomic mass is 16.5. The normalized spacial score (nSPS) is 11.3. The smallest absolute Gasteiger partial charge is 0.118 e. The summed E-state index contributed by atoms with van der Waals surface area (Å²) >= 11 is 0. The van der Waals surface area contributed by atoms with Crippen LogP contribution in [0.15, 0.2) is 59.8 Å². The molecule has 98 valence electrons. The monoisotopic (exact) mass is 255 g/mol. The molecule has 19 heavy (non-hydrogen) atoms. The number of oxime groups is 1. The molecule has 0 heterocycles. The van der Waals surface area contributed by atoms with E-state index in [1.165, 1.54) is 5.56 Å². The molecule has 0 radical (unpaired) electrons. The van der Waals surface area contributed by atoms with E-state index >= 15 is 0 Å². The van der Waals surface area contributed by atoms with Gasteiger partial charge < -0.3 is 9.94 Å². The zero-order chi connectivity index (χ0) is 13.5. The van der Waals surface area contributed by atoms with Gasteiger partial charge in [-0.3, -0.25) is 0 Å². The van der Waals surface area contributed by atoms with Gasteiger partial charge in [-0.1, -0.05) is 47.6 Å². The van der Waals surface area contributed by atoms with Crippen LogP contribution in [-0.4, -0.2) is 18.0 Å². The third kappa shape index (κ3) is 3.58. The SMILES string of the molecule is COc1ccc(CC/C(=N\O)c2ccccc2)cc1. The van der Waals surface area contributed by atoms with Crippen molar-refractivity contribution in [2.24, 2.45) is 5.16 Å². The summed E-state index contributed by atoms with van der Waals surface area (Å²) in [6.07, 6.45) is 1.53. The minimum absolute atomic E-state index is 0.701. The molecule has 1 N–H and O–H groups in total. The largest absolute Gasteiger partial charge is 0.497 e. The Bertz CT molecular complexity index is 532. The van der Waals surface area contributed by atoms with Crippen LogP contribution in [0.5, 0.6) is 5.75 Å². The molecule has 0 saturated heterocycles. The molecule has 0 saturated carbocycles. The summed E-state index contributed by atoms with van der Waals surface area (Å²) in [7, 11) is 1.65. The maximum atomic E-state index is 9.11. The van der Waals surface area contributed by atoms with Crippen LogP contribution < -0.4 is 4.74 Å². The zero-order valence-electron chi connectivity index (χ0n) is 10.9. The lowest BCUT2D eigenvalue weighted by atomic mass is 10.0. The Morgan fingerprint density at radius 1 is 1.05 bits per heavy atom. The van der Waals surface area contributed by atoms with E-state index in [4.69, 9.17) is 9.94 Å². The van der Waals surface area contributed by atoms with E-state index in [0.717, 1.165) is 17.7 Å². The summed E-state index contributed by atoms with van der Waals surface area (Å²) in [6.45, 7) is 0. The summed E-state index contributed by atoms with van der Waals surface area (Å²) in [4.78, 5) is 0. The summed E-state index contributed by atoms with van der Waals surface area (Å²) < 4.78 is 5.12. The van der Waals surface area contributed by atoms with Gasteiger partial charge in [0.1, 0.15) is 5.75 Å². The molecular formula is C16H17NO2. The molecule has 0 aliphatic carbocycles. The summed E-state index contributed by atoms with van der Waals surface area (Å²) in [5.41, 5.74) is 2.85. The molecule has 0 amide bonds. The van der Waals surface area contributed by atoms with E-state index in [9.17, 15) is 0 Å². The fraction of sp³-hybridized carbons (Fsp3) is 0.188. The average molecular weight is 255 g/mol. The Morgan fingerprint density at radius 2 is 1.74 bits per heavy atom. The lowest BCUT2D eigenvalue weighted by Crippen LogP contribution is -2.03. The van der Waals surface area contributed by atoms with Gasteiger partial charge in [0.2, 0.25) is 0 Å². The predicted molar refractivity (Wildman–Crippen MR) is 76.1 cm³/mol. The molecule has 0 unspecified atom stereocenters. The molecule has 2 rings (SSSR count). The first kappa shape index (κ1) is 13.1. The highest BCUT2D eigenvalue weighted by molar-refractivity contribution is 6.00. The van der Waals surface area contributed by atoms with E-state index < -0.39 is 0 Å². The molecule has 0 aliphatic heterocycles. The topological polar surface area (TPSA) is 41.8 Å². The Labute approximate surface area is 113 Å². The zero-order valence-corrected chi connectivity index (χ0v) is 10.9. The van der Waals surface area contributed by atoms with Crippen molar-refractivity contribution in [1.29, 1.82) is 0 Å². The molecule has 0 fully saturated rings. The van der Waals surface area contributed by atoms with Gasteiger partial charge in [0.15, 0.2) is 0 Å². The lowest BCUT2D eigenvalue weighted by molar-refractivity contribution is 0.318. The average Bonchev–Trinajstić information content (AvgIpc) is 2.49. The molecule has 0 aliphatic rings. The van der Waals surface area contributed by atoms with E-state index in [1.54, 1.807) is 7.11 Å². The van der Waals surface area contributed by atoms with Gasteiger partial charge >= 0.3 is 0 Å². The van der Waals surface area contributed by atoms with Gasteiger partial charge in [0.05, 0.1) is 12.8 Å². The van der Waals surface area contributed by atoms with E-state index in [-0.39, 0.29) is 0 Å². The maximum absolute atomic E-state index is 9.11. The fourth-order valence-corrected chi connectivity index (χ4v) is 1.94. The first-order chi connectivity index (χ1) is 9.33.